The lowest BCUT2D eigenvalue weighted by atomic mass is 10.1. The van der Waals surface area contributed by atoms with Crippen LogP contribution in [-0.4, -0.2) is 11.1 Å². The number of carboxylic acids is 1. The Labute approximate surface area is 132 Å². The number of carboxylic acid groups (broad SMARTS) is 1. The van der Waals surface area contributed by atoms with Crippen molar-refractivity contribution in [3.63, 3.8) is 0 Å². The number of aryl methyl sites for hydroxylation is 1. The fraction of sp³-hybridized carbons (Fsp3) is 0.118. The summed E-state index contributed by atoms with van der Waals surface area (Å²) in [5, 5.41) is 8.73. The standard InChI is InChI=1S/C17H15BrO3/c1-12-3-2-4-13(9-12)11-21-16-7-6-15(18)10-14(16)5-8-17(19)20/h2-10H,11H2,1H3,(H,19,20)/b8-5+. The Bertz CT molecular complexity index is 677. The SMILES string of the molecule is Cc1cccc(COc2ccc(Br)cc2/C=C/C(=O)O)c1. The first-order valence-corrected chi connectivity index (χ1v) is 7.23. The molecule has 0 unspecified atom stereocenters. The summed E-state index contributed by atoms with van der Waals surface area (Å²) in [5.74, 6) is -0.336. The van der Waals surface area contributed by atoms with E-state index in [9.17, 15) is 4.79 Å². The smallest absolute Gasteiger partial charge is 0.328 e. The van der Waals surface area contributed by atoms with Gasteiger partial charge in [-0.2, -0.15) is 0 Å². The van der Waals surface area contributed by atoms with E-state index >= 15 is 0 Å². The van der Waals surface area contributed by atoms with Crippen molar-refractivity contribution in [2.24, 2.45) is 0 Å². The molecule has 0 spiro atoms. The van der Waals surface area contributed by atoms with Gasteiger partial charge in [0.1, 0.15) is 12.4 Å². The monoisotopic (exact) mass is 346 g/mol. The van der Waals surface area contributed by atoms with Crippen LogP contribution in [0.15, 0.2) is 53.0 Å². The van der Waals surface area contributed by atoms with E-state index < -0.39 is 5.97 Å². The highest BCUT2D eigenvalue weighted by molar-refractivity contribution is 9.10. The van der Waals surface area contributed by atoms with Crippen molar-refractivity contribution < 1.29 is 14.6 Å². The largest absolute Gasteiger partial charge is 0.488 e. The van der Waals surface area contributed by atoms with Crippen molar-refractivity contribution in [3.05, 3.63) is 69.7 Å². The van der Waals surface area contributed by atoms with Gasteiger partial charge < -0.3 is 9.84 Å². The van der Waals surface area contributed by atoms with Gasteiger partial charge in [0.2, 0.25) is 0 Å². The predicted molar refractivity (Wildman–Crippen MR) is 86.3 cm³/mol. The molecular weight excluding hydrogens is 332 g/mol. The zero-order chi connectivity index (χ0) is 15.2. The molecule has 4 heteroatoms. The molecule has 1 N–H and O–H groups in total. The summed E-state index contributed by atoms with van der Waals surface area (Å²) in [7, 11) is 0. The van der Waals surface area contributed by atoms with Crippen molar-refractivity contribution in [1.82, 2.24) is 0 Å². The van der Waals surface area contributed by atoms with Crippen molar-refractivity contribution in [2.75, 3.05) is 0 Å². The first-order valence-electron chi connectivity index (χ1n) is 6.43. The zero-order valence-electron chi connectivity index (χ0n) is 11.5. The van der Waals surface area contributed by atoms with Gasteiger partial charge in [-0.25, -0.2) is 4.79 Å². The molecule has 0 aliphatic heterocycles. The summed E-state index contributed by atoms with van der Waals surface area (Å²) in [6, 6.07) is 13.6. The molecule has 0 saturated heterocycles. The molecule has 108 valence electrons. The Morgan fingerprint density at radius 3 is 2.81 bits per heavy atom. The number of rotatable bonds is 5. The van der Waals surface area contributed by atoms with Crippen molar-refractivity contribution in [3.8, 4) is 5.75 Å². The highest BCUT2D eigenvalue weighted by Crippen LogP contribution is 2.25. The fourth-order valence-corrected chi connectivity index (χ4v) is 2.28. The molecule has 2 aromatic rings. The normalized spacial score (nSPS) is 10.8. The number of carbonyl (C=O) groups is 1. The summed E-state index contributed by atoms with van der Waals surface area (Å²) in [5.41, 5.74) is 2.98. The van der Waals surface area contributed by atoms with E-state index in [1.807, 2.05) is 43.3 Å². The summed E-state index contributed by atoms with van der Waals surface area (Å²) < 4.78 is 6.67. The number of ether oxygens (including phenoxy) is 1. The lowest BCUT2D eigenvalue weighted by molar-refractivity contribution is -0.131. The van der Waals surface area contributed by atoms with E-state index in [1.165, 1.54) is 11.6 Å². The number of halogens is 1. The first kappa shape index (κ1) is 15.3. The average molecular weight is 347 g/mol. The molecule has 0 aliphatic rings. The van der Waals surface area contributed by atoms with E-state index in [2.05, 4.69) is 22.0 Å². The lowest BCUT2D eigenvalue weighted by Crippen LogP contribution is -1.97. The molecule has 2 aromatic carbocycles. The van der Waals surface area contributed by atoms with Crippen LogP contribution in [-0.2, 0) is 11.4 Å². The van der Waals surface area contributed by atoms with Crippen LogP contribution in [0.25, 0.3) is 6.08 Å². The maximum atomic E-state index is 10.6. The molecule has 0 aliphatic carbocycles. The van der Waals surface area contributed by atoms with E-state index in [0.29, 0.717) is 12.4 Å². The molecule has 21 heavy (non-hydrogen) atoms. The molecule has 0 heterocycles. The van der Waals surface area contributed by atoms with E-state index in [-0.39, 0.29) is 0 Å². The molecule has 0 amide bonds. The second-order valence-corrected chi connectivity index (χ2v) is 5.55. The summed E-state index contributed by atoms with van der Waals surface area (Å²) in [6.07, 6.45) is 2.62. The molecular formula is C17H15BrO3. The molecule has 0 aromatic heterocycles. The summed E-state index contributed by atoms with van der Waals surface area (Å²) >= 11 is 3.37. The van der Waals surface area contributed by atoms with Crippen molar-refractivity contribution in [2.45, 2.75) is 13.5 Å². The van der Waals surface area contributed by atoms with Crippen LogP contribution in [0.1, 0.15) is 16.7 Å². The topological polar surface area (TPSA) is 46.5 Å². The van der Waals surface area contributed by atoms with Crippen LogP contribution < -0.4 is 4.74 Å². The average Bonchev–Trinajstić information content (AvgIpc) is 2.44. The van der Waals surface area contributed by atoms with Gasteiger partial charge in [0, 0.05) is 16.1 Å². The molecule has 3 nitrogen and oxygen atoms in total. The number of hydrogen-bond acceptors (Lipinski definition) is 2. The molecule has 0 saturated carbocycles. The summed E-state index contributed by atoms with van der Waals surface area (Å²) in [4.78, 5) is 10.6. The van der Waals surface area contributed by atoms with Crippen LogP contribution in [0.2, 0.25) is 0 Å². The van der Waals surface area contributed by atoms with Gasteiger partial charge in [0.25, 0.3) is 0 Å². The van der Waals surface area contributed by atoms with Crippen molar-refractivity contribution in [1.29, 1.82) is 0 Å². The zero-order valence-corrected chi connectivity index (χ0v) is 13.1. The Kier molecular flexibility index (Phi) is 5.17. The lowest BCUT2D eigenvalue weighted by Gasteiger charge is -2.10. The van der Waals surface area contributed by atoms with Crippen LogP contribution >= 0.6 is 15.9 Å². The fourth-order valence-electron chi connectivity index (χ4n) is 1.91. The van der Waals surface area contributed by atoms with E-state index in [0.717, 1.165) is 21.7 Å². The minimum absolute atomic E-state index is 0.442. The quantitative estimate of drug-likeness (QED) is 0.814. The predicted octanol–water partition coefficient (Wildman–Crippen LogP) is 4.43. The van der Waals surface area contributed by atoms with Gasteiger partial charge in [-0.05, 0) is 36.8 Å². The third kappa shape index (κ3) is 4.76. The molecule has 0 radical (unpaired) electrons. The number of aliphatic carboxylic acids is 1. The number of hydrogen-bond donors (Lipinski definition) is 1. The summed E-state index contributed by atoms with van der Waals surface area (Å²) in [6.45, 7) is 2.47. The van der Waals surface area contributed by atoms with Crippen LogP contribution in [0.3, 0.4) is 0 Å². The minimum atomic E-state index is -0.986. The Morgan fingerprint density at radius 2 is 2.10 bits per heavy atom. The van der Waals surface area contributed by atoms with Gasteiger partial charge in [0.15, 0.2) is 0 Å². The van der Waals surface area contributed by atoms with E-state index in [1.54, 1.807) is 0 Å². The molecule has 0 fully saturated rings. The third-order valence-corrected chi connectivity index (χ3v) is 3.35. The van der Waals surface area contributed by atoms with Gasteiger partial charge in [-0.15, -0.1) is 0 Å². The highest BCUT2D eigenvalue weighted by Gasteiger charge is 2.04. The maximum absolute atomic E-state index is 10.6. The Morgan fingerprint density at radius 1 is 1.29 bits per heavy atom. The third-order valence-electron chi connectivity index (χ3n) is 2.85. The van der Waals surface area contributed by atoms with Crippen molar-refractivity contribution >= 4 is 28.0 Å². The van der Waals surface area contributed by atoms with Gasteiger partial charge >= 0.3 is 5.97 Å². The molecule has 0 atom stereocenters. The Balaban J connectivity index is 2.17. The highest BCUT2D eigenvalue weighted by atomic mass is 79.9. The van der Waals surface area contributed by atoms with Crippen LogP contribution in [0.5, 0.6) is 5.75 Å². The van der Waals surface area contributed by atoms with Crippen LogP contribution in [0, 0.1) is 6.92 Å². The second-order valence-electron chi connectivity index (χ2n) is 4.63. The Hall–Kier alpha value is -2.07. The molecule has 0 bridgehead atoms. The molecule has 2 rings (SSSR count). The van der Waals surface area contributed by atoms with Crippen LogP contribution in [0.4, 0.5) is 0 Å². The minimum Gasteiger partial charge on any atom is -0.488 e. The maximum Gasteiger partial charge on any atom is 0.328 e. The number of benzene rings is 2. The van der Waals surface area contributed by atoms with Gasteiger partial charge in [-0.3, -0.25) is 0 Å². The van der Waals surface area contributed by atoms with Gasteiger partial charge in [0.05, 0.1) is 0 Å². The second kappa shape index (κ2) is 7.09. The van der Waals surface area contributed by atoms with E-state index in [4.69, 9.17) is 9.84 Å². The van der Waals surface area contributed by atoms with Gasteiger partial charge in [-0.1, -0.05) is 45.8 Å². The first-order chi connectivity index (χ1) is 10.0.